The Morgan fingerprint density at radius 2 is 1.86 bits per heavy atom. The second-order valence-electron chi connectivity index (χ2n) is 6.81. The molecule has 2 aromatic carbocycles. The smallest absolute Gasteiger partial charge is 0.182 e. The summed E-state index contributed by atoms with van der Waals surface area (Å²) in [5, 5.41) is 4.20. The first-order chi connectivity index (χ1) is 14.2. The minimum Gasteiger partial charge on any atom is -0.362 e. The predicted octanol–water partition coefficient (Wildman–Crippen LogP) is 4.88. The molecule has 0 radical (unpaired) electrons. The molecule has 0 unspecified atom stereocenters. The van der Waals surface area contributed by atoms with Crippen molar-refractivity contribution in [3.05, 3.63) is 78.8 Å². The van der Waals surface area contributed by atoms with Crippen molar-refractivity contribution < 1.29 is 4.39 Å². The Kier molecular flexibility index (Phi) is 4.13. The van der Waals surface area contributed by atoms with Gasteiger partial charge in [0.05, 0.1) is 17.9 Å². The lowest BCUT2D eigenvalue weighted by molar-refractivity contribution is 0.629. The van der Waals surface area contributed by atoms with Crippen LogP contribution in [-0.4, -0.2) is 24.9 Å². The molecule has 29 heavy (non-hydrogen) atoms. The summed E-state index contributed by atoms with van der Waals surface area (Å²) in [6, 6.07) is 14.5. The van der Waals surface area contributed by atoms with Crippen LogP contribution in [0.15, 0.2) is 67.4 Å². The maximum atomic E-state index is 14.1. The van der Waals surface area contributed by atoms with Gasteiger partial charge in [0.25, 0.3) is 0 Å². The minimum atomic E-state index is -0.288. The molecule has 2 N–H and O–H groups in total. The van der Waals surface area contributed by atoms with Crippen molar-refractivity contribution in [3.63, 3.8) is 0 Å². The molecule has 7 heteroatoms. The number of rotatable bonds is 4. The molecule has 1 atom stereocenters. The zero-order chi connectivity index (χ0) is 19.8. The van der Waals surface area contributed by atoms with Crippen molar-refractivity contribution >= 4 is 27.9 Å². The summed E-state index contributed by atoms with van der Waals surface area (Å²) in [7, 11) is 0. The number of H-pyrrole nitrogens is 1. The zero-order valence-electron chi connectivity index (χ0n) is 15.6. The standard InChI is InChI=1S/C22H17FN6/c1-13(29-22-20-21(26-11-25-20)27-12-28-22)17-10-24-18-8-7-15(23)9-16(18)19(17)14-5-3-2-4-6-14/h2-13H,1H3,(H2,25,26,27,28,29)/t13-/m0/s1. The highest BCUT2D eigenvalue weighted by atomic mass is 19.1. The Balaban J connectivity index is 1.67. The number of hydrogen-bond acceptors (Lipinski definition) is 5. The normalized spacial score (nSPS) is 12.3. The van der Waals surface area contributed by atoms with E-state index in [2.05, 4.69) is 30.2 Å². The third-order valence-electron chi connectivity index (χ3n) is 4.96. The van der Waals surface area contributed by atoms with E-state index in [1.807, 2.05) is 43.5 Å². The summed E-state index contributed by atoms with van der Waals surface area (Å²) in [6.07, 6.45) is 4.90. The van der Waals surface area contributed by atoms with Crippen LogP contribution in [0, 0.1) is 5.82 Å². The highest BCUT2D eigenvalue weighted by Crippen LogP contribution is 2.36. The van der Waals surface area contributed by atoms with Gasteiger partial charge in [0.2, 0.25) is 0 Å². The molecule has 0 saturated carbocycles. The summed E-state index contributed by atoms with van der Waals surface area (Å²) in [4.78, 5) is 20.3. The van der Waals surface area contributed by atoms with Gasteiger partial charge in [0, 0.05) is 17.1 Å². The van der Waals surface area contributed by atoms with Crippen LogP contribution in [0.2, 0.25) is 0 Å². The molecule has 5 aromatic rings. The van der Waals surface area contributed by atoms with E-state index in [9.17, 15) is 4.39 Å². The van der Waals surface area contributed by atoms with E-state index in [4.69, 9.17) is 0 Å². The molecule has 6 nitrogen and oxygen atoms in total. The lowest BCUT2D eigenvalue weighted by atomic mass is 9.93. The molecule has 5 rings (SSSR count). The number of pyridine rings is 1. The first-order valence-electron chi connectivity index (χ1n) is 9.25. The summed E-state index contributed by atoms with van der Waals surface area (Å²) >= 11 is 0. The Morgan fingerprint density at radius 3 is 2.72 bits per heavy atom. The lowest BCUT2D eigenvalue weighted by Gasteiger charge is -2.20. The van der Waals surface area contributed by atoms with Gasteiger partial charge in [-0.2, -0.15) is 0 Å². The Hall–Kier alpha value is -3.87. The summed E-state index contributed by atoms with van der Waals surface area (Å²) < 4.78 is 14.1. The average molecular weight is 384 g/mol. The number of fused-ring (bicyclic) bond motifs is 2. The van der Waals surface area contributed by atoms with Crippen molar-refractivity contribution in [2.45, 2.75) is 13.0 Å². The van der Waals surface area contributed by atoms with Gasteiger partial charge >= 0.3 is 0 Å². The second kappa shape index (κ2) is 6.94. The number of benzene rings is 2. The van der Waals surface area contributed by atoms with Gasteiger partial charge < -0.3 is 10.3 Å². The fourth-order valence-corrected chi connectivity index (χ4v) is 3.59. The molecule has 3 aromatic heterocycles. The van der Waals surface area contributed by atoms with E-state index in [-0.39, 0.29) is 11.9 Å². The number of imidazole rings is 1. The summed E-state index contributed by atoms with van der Waals surface area (Å²) in [5.41, 5.74) is 4.98. The summed E-state index contributed by atoms with van der Waals surface area (Å²) in [6.45, 7) is 2.03. The molecule has 0 fully saturated rings. The molecule has 0 aliphatic carbocycles. The second-order valence-corrected chi connectivity index (χ2v) is 6.81. The van der Waals surface area contributed by atoms with Crippen molar-refractivity contribution in [2.75, 3.05) is 5.32 Å². The van der Waals surface area contributed by atoms with E-state index in [1.165, 1.54) is 12.4 Å². The fraction of sp³-hybridized carbons (Fsp3) is 0.0909. The maximum absolute atomic E-state index is 14.1. The predicted molar refractivity (Wildman–Crippen MR) is 111 cm³/mol. The molecule has 0 spiro atoms. The van der Waals surface area contributed by atoms with Crippen LogP contribution in [0.4, 0.5) is 10.2 Å². The number of halogens is 1. The van der Waals surface area contributed by atoms with Gasteiger partial charge in [-0.3, -0.25) is 4.98 Å². The van der Waals surface area contributed by atoms with E-state index >= 15 is 0 Å². The number of anilines is 1. The minimum absolute atomic E-state index is 0.147. The van der Waals surface area contributed by atoms with Crippen molar-refractivity contribution in [2.24, 2.45) is 0 Å². The van der Waals surface area contributed by atoms with Gasteiger partial charge in [0.15, 0.2) is 11.5 Å². The van der Waals surface area contributed by atoms with E-state index < -0.39 is 0 Å². The summed E-state index contributed by atoms with van der Waals surface area (Å²) in [5.74, 6) is 0.363. The largest absolute Gasteiger partial charge is 0.362 e. The number of aromatic nitrogens is 5. The third kappa shape index (κ3) is 3.06. The molecule has 0 amide bonds. The van der Waals surface area contributed by atoms with Gasteiger partial charge in [-0.1, -0.05) is 30.3 Å². The van der Waals surface area contributed by atoms with E-state index in [0.717, 1.165) is 33.1 Å². The fourth-order valence-electron chi connectivity index (χ4n) is 3.59. The molecular weight excluding hydrogens is 367 g/mol. The zero-order valence-corrected chi connectivity index (χ0v) is 15.6. The van der Waals surface area contributed by atoms with Gasteiger partial charge in [-0.05, 0) is 36.2 Å². The van der Waals surface area contributed by atoms with E-state index in [0.29, 0.717) is 11.5 Å². The van der Waals surface area contributed by atoms with Crippen LogP contribution in [0.1, 0.15) is 18.5 Å². The topological polar surface area (TPSA) is 79.4 Å². The molecule has 3 heterocycles. The number of nitrogens with zero attached hydrogens (tertiary/aromatic N) is 4. The number of nitrogens with one attached hydrogen (secondary N) is 2. The van der Waals surface area contributed by atoms with Crippen molar-refractivity contribution in [1.29, 1.82) is 0 Å². The van der Waals surface area contributed by atoms with Crippen LogP contribution in [0.3, 0.4) is 0 Å². The highest BCUT2D eigenvalue weighted by molar-refractivity contribution is 5.96. The molecule has 0 aliphatic heterocycles. The first-order valence-corrected chi connectivity index (χ1v) is 9.25. The number of aromatic amines is 1. The first kappa shape index (κ1) is 17.2. The molecular formula is C22H17FN6. The van der Waals surface area contributed by atoms with Gasteiger partial charge in [-0.25, -0.2) is 19.3 Å². The molecule has 0 bridgehead atoms. The highest BCUT2D eigenvalue weighted by Gasteiger charge is 2.18. The van der Waals surface area contributed by atoms with Gasteiger partial charge in [-0.15, -0.1) is 0 Å². The maximum Gasteiger partial charge on any atom is 0.182 e. The van der Waals surface area contributed by atoms with Crippen LogP contribution in [0.5, 0.6) is 0 Å². The van der Waals surface area contributed by atoms with E-state index in [1.54, 1.807) is 18.5 Å². The molecule has 142 valence electrons. The van der Waals surface area contributed by atoms with Crippen molar-refractivity contribution in [1.82, 2.24) is 24.9 Å². The SMILES string of the molecule is C[C@H](Nc1ncnc2nc[nH]c12)c1cnc2ccc(F)cc2c1-c1ccccc1. The lowest BCUT2D eigenvalue weighted by Crippen LogP contribution is -2.11. The van der Waals surface area contributed by atoms with Crippen LogP contribution in [-0.2, 0) is 0 Å². The molecule has 0 aliphatic rings. The third-order valence-corrected chi connectivity index (χ3v) is 4.96. The van der Waals surface area contributed by atoms with Crippen LogP contribution in [0.25, 0.3) is 33.2 Å². The molecule has 0 saturated heterocycles. The van der Waals surface area contributed by atoms with Gasteiger partial charge in [0.1, 0.15) is 17.7 Å². The Morgan fingerprint density at radius 1 is 1.00 bits per heavy atom. The van der Waals surface area contributed by atoms with Crippen LogP contribution >= 0.6 is 0 Å². The number of hydrogen-bond donors (Lipinski definition) is 2. The van der Waals surface area contributed by atoms with Crippen molar-refractivity contribution in [3.8, 4) is 11.1 Å². The van der Waals surface area contributed by atoms with Crippen LogP contribution < -0.4 is 5.32 Å². The monoisotopic (exact) mass is 384 g/mol. The quantitative estimate of drug-likeness (QED) is 0.462. The Bertz CT molecular complexity index is 1320. The Labute approximate surface area is 165 Å². The average Bonchev–Trinajstić information content (AvgIpc) is 3.23.